The van der Waals surface area contributed by atoms with Crippen molar-refractivity contribution in [3.8, 4) is 0 Å². The zero-order valence-corrected chi connectivity index (χ0v) is 17.4. The Hall–Kier alpha value is -3.30. The second-order valence-corrected chi connectivity index (χ2v) is 9.19. The quantitative estimate of drug-likeness (QED) is 0.586. The van der Waals surface area contributed by atoms with Gasteiger partial charge in [0.1, 0.15) is 5.82 Å². The van der Waals surface area contributed by atoms with Crippen LogP contribution in [0.2, 0.25) is 0 Å². The van der Waals surface area contributed by atoms with Gasteiger partial charge in [0, 0.05) is 29.9 Å². The molecule has 3 aromatic rings. The number of carbonyl (C=O) groups is 2. The molecule has 1 unspecified atom stereocenters. The number of hydrogen-bond acceptors (Lipinski definition) is 4. The molecule has 0 aliphatic carbocycles. The van der Waals surface area contributed by atoms with Crippen LogP contribution in [0.4, 0.5) is 10.1 Å². The van der Waals surface area contributed by atoms with E-state index in [1.165, 1.54) is 35.2 Å². The van der Waals surface area contributed by atoms with Crippen LogP contribution in [-0.4, -0.2) is 33.8 Å². The summed E-state index contributed by atoms with van der Waals surface area (Å²) < 4.78 is 41.7. The SMILES string of the molecule is CN1C(=O)c2cccc3c(S(=O)(=O)NCC(Cc4ccc(F)cc4)C(N)=O)ccc1c23. The molecular weight excluding hydrogens is 421 g/mol. The zero-order valence-electron chi connectivity index (χ0n) is 16.6. The van der Waals surface area contributed by atoms with Gasteiger partial charge in [-0.3, -0.25) is 9.59 Å². The van der Waals surface area contributed by atoms with E-state index in [1.54, 1.807) is 31.3 Å². The van der Waals surface area contributed by atoms with Crippen LogP contribution in [-0.2, 0) is 21.2 Å². The first kappa shape index (κ1) is 21.0. The predicted octanol–water partition coefficient (Wildman–Crippen LogP) is 2.19. The van der Waals surface area contributed by atoms with Crippen LogP contribution in [0.5, 0.6) is 0 Å². The van der Waals surface area contributed by atoms with Crippen LogP contribution in [0.3, 0.4) is 0 Å². The van der Waals surface area contributed by atoms with E-state index in [9.17, 15) is 22.4 Å². The number of benzene rings is 3. The lowest BCUT2D eigenvalue weighted by atomic mass is 9.99. The van der Waals surface area contributed by atoms with Crippen LogP contribution in [0.25, 0.3) is 10.8 Å². The number of hydrogen-bond donors (Lipinski definition) is 2. The van der Waals surface area contributed by atoms with Crippen molar-refractivity contribution in [2.24, 2.45) is 11.7 Å². The highest BCUT2D eigenvalue weighted by atomic mass is 32.2. The Labute approximate surface area is 178 Å². The molecule has 1 aliphatic rings. The number of nitrogens with zero attached hydrogens (tertiary/aromatic N) is 1. The fraction of sp³-hybridized carbons (Fsp3) is 0.182. The predicted molar refractivity (Wildman–Crippen MR) is 115 cm³/mol. The van der Waals surface area contributed by atoms with Gasteiger partial charge in [0.05, 0.1) is 16.5 Å². The number of amides is 2. The Morgan fingerprint density at radius 2 is 1.84 bits per heavy atom. The van der Waals surface area contributed by atoms with Gasteiger partial charge >= 0.3 is 0 Å². The minimum Gasteiger partial charge on any atom is -0.369 e. The fourth-order valence-electron chi connectivity index (χ4n) is 3.81. The summed E-state index contributed by atoms with van der Waals surface area (Å²) in [5.41, 5.74) is 7.21. The summed E-state index contributed by atoms with van der Waals surface area (Å²) in [5, 5.41) is 1.00. The van der Waals surface area contributed by atoms with E-state index >= 15 is 0 Å². The van der Waals surface area contributed by atoms with Crippen molar-refractivity contribution < 1.29 is 22.4 Å². The molecule has 3 N–H and O–H groups in total. The first-order valence-corrected chi connectivity index (χ1v) is 11.0. The average Bonchev–Trinajstić information content (AvgIpc) is 2.99. The lowest BCUT2D eigenvalue weighted by molar-refractivity contribution is -0.121. The molecule has 1 heterocycles. The Morgan fingerprint density at radius 3 is 2.52 bits per heavy atom. The topological polar surface area (TPSA) is 110 Å². The van der Waals surface area contributed by atoms with Crippen LogP contribution in [0.15, 0.2) is 59.5 Å². The Bertz CT molecular complexity index is 1310. The number of rotatable bonds is 7. The molecule has 7 nitrogen and oxygen atoms in total. The summed E-state index contributed by atoms with van der Waals surface area (Å²) in [6.07, 6.45) is 0.168. The van der Waals surface area contributed by atoms with Gasteiger partial charge in [-0.2, -0.15) is 0 Å². The molecule has 0 bridgehead atoms. The van der Waals surface area contributed by atoms with Gasteiger partial charge in [-0.25, -0.2) is 17.5 Å². The Morgan fingerprint density at radius 1 is 1.13 bits per heavy atom. The summed E-state index contributed by atoms with van der Waals surface area (Å²) in [6, 6.07) is 13.6. The largest absolute Gasteiger partial charge is 0.369 e. The highest BCUT2D eigenvalue weighted by molar-refractivity contribution is 7.89. The normalized spacial score (nSPS) is 14.3. The van der Waals surface area contributed by atoms with Gasteiger partial charge in [-0.05, 0) is 42.3 Å². The first-order chi connectivity index (χ1) is 14.7. The van der Waals surface area contributed by atoms with Crippen molar-refractivity contribution in [2.45, 2.75) is 11.3 Å². The maximum atomic E-state index is 13.1. The van der Waals surface area contributed by atoms with Gasteiger partial charge in [-0.15, -0.1) is 0 Å². The van der Waals surface area contributed by atoms with E-state index in [2.05, 4.69) is 4.72 Å². The van der Waals surface area contributed by atoms with E-state index in [0.717, 1.165) is 0 Å². The van der Waals surface area contributed by atoms with Crippen molar-refractivity contribution in [3.05, 3.63) is 71.5 Å². The van der Waals surface area contributed by atoms with Crippen LogP contribution < -0.4 is 15.4 Å². The third-order valence-electron chi connectivity index (χ3n) is 5.48. The van der Waals surface area contributed by atoms with E-state index in [4.69, 9.17) is 5.73 Å². The number of halogens is 1. The molecule has 0 saturated carbocycles. The average molecular weight is 441 g/mol. The molecule has 31 heavy (non-hydrogen) atoms. The highest BCUT2D eigenvalue weighted by Gasteiger charge is 2.30. The molecule has 2 amide bonds. The lowest BCUT2D eigenvalue weighted by Crippen LogP contribution is -2.37. The third kappa shape index (κ3) is 3.77. The molecule has 0 fully saturated rings. The second-order valence-electron chi connectivity index (χ2n) is 7.46. The number of primary amides is 1. The highest BCUT2D eigenvalue weighted by Crippen LogP contribution is 2.39. The van der Waals surface area contributed by atoms with E-state index in [1.807, 2.05) is 0 Å². The van der Waals surface area contributed by atoms with Crippen molar-refractivity contribution in [2.75, 3.05) is 18.5 Å². The summed E-state index contributed by atoms with van der Waals surface area (Å²) in [4.78, 5) is 25.8. The summed E-state index contributed by atoms with van der Waals surface area (Å²) >= 11 is 0. The monoisotopic (exact) mass is 441 g/mol. The molecule has 0 spiro atoms. The molecule has 4 rings (SSSR count). The fourth-order valence-corrected chi connectivity index (χ4v) is 5.09. The van der Waals surface area contributed by atoms with Crippen molar-refractivity contribution in [3.63, 3.8) is 0 Å². The lowest BCUT2D eigenvalue weighted by Gasteiger charge is -2.16. The molecule has 0 radical (unpaired) electrons. The van der Waals surface area contributed by atoms with E-state index in [-0.39, 0.29) is 23.8 Å². The maximum Gasteiger partial charge on any atom is 0.258 e. The molecule has 9 heteroatoms. The van der Waals surface area contributed by atoms with Crippen molar-refractivity contribution in [1.82, 2.24) is 4.72 Å². The number of anilines is 1. The van der Waals surface area contributed by atoms with Crippen LogP contribution in [0, 0.1) is 11.7 Å². The van der Waals surface area contributed by atoms with E-state index < -0.39 is 27.7 Å². The maximum absolute atomic E-state index is 13.1. The molecule has 3 aromatic carbocycles. The number of nitrogens with two attached hydrogens (primary N) is 1. The van der Waals surface area contributed by atoms with Gasteiger partial charge < -0.3 is 10.6 Å². The summed E-state index contributed by atoms with van der Waals surface area (Å²) in [5.74, 6) is -2.09. The number of sulfonamides is 1. The Balaban J connectivity index is 1.62. The second kappa shape index (κ2) is 7.75. The van der Waals surface area contributed by atoms with Gasteiger partial charge in [-0.1, -0.05) is 24.3 Å². The van der Waals surface area contributed by atoms with Gasteiger partial charge in [0.2, 0.25) is 15.9 Å². The van der Waals surface area contributed by atoms with Crippen LogP contribution >= 0.6 is 0 Å². The molecule has 1 aliphatic heterocycles. The Kier molecular flexibility index (Phi) is 5.24. The van der Waals surface area contributed by atoms with Crippen LogP contribution in [0.1, 0.15) is 15.9 Å². The smallest absolute Gasteiger partial charge is 0.258 e. The van der Waals surface area contributed by atoms with Crippen molar-refractivity contribution >= 4 is 38.3 Å². The molecule has 1 atom stereocenters. The summed E-state index contributed by atoms with van der Waals surface area (Å²) in [6.45, 7) is -0.211. The molecule has 160 valence electrons. The first-order valence-electron chi connectivity index (χ1n) is 9.56. The third-order valence-corrected chi connectivity index (χ3v) is 6.96. The standard InChI is InChI=1S/C22H20FN3O4S/c1-26-18-9-10-19(16-3-2-4-17(20(16)18)22(26)28)31(29,30)25-12-14(21(24)27)11-13-5-7-15(23)8-6-13/h2-10,14,25H,11-12H2,1H3,(H2,24,27). The molecule has 0 saturated heterocycles. The van der Waals surface area contributed by atoms with E-state index in [0.29, 0.717) is 27.6 Å². The zero-order chi connectivity index (χ0) is 22.3. The minimum atomic E-state index is -4.00. The van der Waals surface area contributed by atoms with Gasteiger partial charge in [0.15, 0.2) is 0 Å². The summed E-state index contributed by atoms with van der Waals surface area (Å²) in [7, 11) is -2.37. The van der Waals surface area contributed by atoms with Crippen molar-refractivity contribution in [1.29, 1.82) is 0 Å². The molecule has 0 aromatic heterocycles. The molecular formula is C22H20FN3O4S. The number of nitrogens with one attached hydrogen (secondary N) is 1. The number of carbonyl (C=O) groups excluding carboxylic acids is 2. The minimum absolute atomic E-state index is 0.0150. The van der Waals surface area contributed by atoms with Gasteiger partial charge in [0.25, 0.3) is 5.91 Å².